The Kier molecular flexibility index (Phi) is 6.40. The van der Waals surface area contributed by atoms with Gasteiger partial charge in [-0.1, -0.05) is 36.8 Å². The highest BCUT2D eigenvalue weighted by atomic mass is 16.2. The summed E-state index contributed by atoms with van der Waals surface area (Å²) < 4.78 is 0. The molecule has 0 aromatic heterocycles. The van der Waals surface area contributed by atoms with E-state index in [1.165, 1.54) is 6.42 Å². The molecule has 2 amide bonds. The zero-order valence-corrected chi connectivity index (χ0v) is 13.0. The number of nitrogens with two attached hydrogens (primary N) is 1. The third-order valence-electron chi connectivity index (χ3n) is 4.00. The molecule has 0 bridgehead atoms. The van der Waals surface area contributed by atoms with Crippen LogP contribution in [0, 0.1) is 0 Å². The van der Waals surface area contributed by atoms with E-state index in [2.05, 4.69) is 4.90 Å². The summed E-state index contributed by atoms with van der Waals surface area (Å²) in [5.41, 5.74) is 6.30. The van der Waals surface area contributed by atoms with Crippen molar-refractivity contribution in [2.24, 2.45) is 5.73 Å². The summed E-state index contributed by atoms with van der Waals surface area (Å²) in [5.74, 6) is -0.296. The molecule has 0 atom stereocenters. The number of hydrogen-bond donors (Lipinski definition) is 1. The van der Waals surface area contributed by atoms with E-state index in [1.807, 2.05) is 30.3 Å². The van der Waals surface area contributed by atoms with Crippen LogP contribution in [0.2, 0.25) is 0 Å². The molecule has 0 unspecified atom stereocenters. The molecule has 1 saturated heterocycles. The zero-order chi connectivity index (χ0) is 15.8. The van der Waals surface area contributed by atoms with E-state index in [1.54, 1.807) is 4.90 Å². The summed E-state index contributed by atoms with van der Waals surface area (Å²) in [6.45, 7) is 3.32. The van der Waals surface area contributed by atoms with Crippen molar-refractivity contribution in [3.8, 4) is 0 Å². The fourth-order valence-corrected chi connectivity index (χ4v) is 2.75. The largest absolute Gasteiger partial charge is 0.370 e. The molecule has 1 aliphatic heterocycles. The van der Waals surface area contributed by atoms with Gasteiger partial charge in [-0.2, -0.15) is 0 Å². The Labute approximate surface area is 132 Å². The lowest BCUT2D eigenvalue weighted by atomic mass is 10.1. The summed E-state index contributed by atoms with van der Waals surface area (Å²) in [5, 5.41) is 0. The fourth-order valence-electron chi connectivity index (χ4n) is 2.75. The number of rotatable bonds is 7. The molecule has 1 aliphatic rings. The first-order chi connectivity index (χ1) is 10.6. The molecule has 120 valence electrons. The average molecular weight is 303 g/mol. The van der Waals surface area contributed by atoms with Crippen molar-refractivity contribution >= 4 is 11.8 Å². The molecule has 2 N–H and O–H groups in total. The molecule has 0 saturated carbocycles. The predicted molar refractivity (Wildman–Crippen MR) is 86.0 cm³/mol. The van der Waals surface area contributed by atoms with Crippen LogP contribution in [0.4, 0.5) is 0 Å². The second-order valence-electron chi connectivity index (χ2n) is 5.85. The number of benzene rings is 1. The molecule has 1 fully saturated rings. The Bertz CT molecular complexity index is 484. The Morgan fingerprint density at radius 3 is 2.41 bits per heavy atom. The van der Waals surface area contributed by atoms with Gasteiger partial charge in [0, 0.05) is 19.5 Å². The predicted octanol–water partition coefficient (Wildman–Crippen LogP) is 1.38. The van der Waals surface area contributed by atoms with Crippen molar-refractivity contribution < 1.29 is 9.59 Å². The first-order valence-corrected chi connectivity index (χ1v) is 7.97. The van der Waals surface area contributed by atoms with E-state index in [0.717, 1.165) is 31.5 Å². The van der Waals surface area contributed by atoms with Gasteiger partial charge in [0.15, 0.2) is 0 Å². The summed E-state index contributed by atoms with van der Waals surface area (Å²) >= 11 is 0. The molecule has 1 aromatic carbocycles. The summed E-state index contributed by atoms with van der Waals surface area (Å²) in [4.78, 5) is 27.6. The third kappa shape index (κ3) is 5.48. The maximum atomic E-state index is 12.6. The number of likely N-dealkylation sites (tertiary alicyclic amines) is 1. The molecule has 1 aromatic rings. The molecule has 5 nitrogen and oxygen atoms in total. The molecule has 5 heteroatoms. The summed E-state index contributed by atoms with van der Waals surface area (Å²) in [6, 6.07) is 9.84. The van der Waals surface area contributed by atoms with Crippen molar-refractivity contribution in [1.82, 2.24) is 9.80 Å². The molecule has 0 spiro atoms. The average Bonchev–Trinajstić information content (AvgIpc) is 2.53. The minimum Gasteiger partial charge on any atom is -0.370 e. The summed E-state index contributed by atoms with van der Waals surface area (Å²) in [6.07, 6.45) is 3.78. The number of nitrogens with zero attached hydrogens (tertiary/aromatic N) is 2. The van der Waals surface area contributed by atoms with E-state index in [-0.39, 0.29) is 18.2 Å². The number of carbonyl (C=O) groups excluding carboxylic acids is 2. The second-order valence-corrected chi connectivity index (χ2v) is 5.85. The normalized spacial score (nSPS) is 15.5. The van der Waals surface area contributed by atoms with Crippen LogP contribution in [-0.4, -0.2) is 47.8 Å². The quantitative estimate of drug-likeness (QED) is 0.827. The van der Waals surface area contributed by atoms with Gasteiger partial charge in [-0.25, -0.2) is 0 Å². The lowest BCUT2D eigenvalue weighted by Crippen LogP contribution is -2.43. The van der Waals surface area contributed by atoms with Crippen molar-refractivity contribution in [2.75, 3.05) is 26.2 Å². The minimum absolute atomic E-state index is 0.0759. The highest BCUT2D eigenvalue weighted by molar-refractivity contribution is 5.79. The van der Waals surface area contributed by atoms with Gasteiger partial charge in [-0.05, 0) is 31.5 Å². The van der Waals surface area contributed by atoms with Crippen molar-refractivity contribution in [3.63, 3.8) is 0 Å². The lowest BCUT2D eigenvalue weighted by molar-refractivity contribution is -0.133. The fraction of sp³-hybridized carbons (Fsp3) is 0.529. The number of hydrogen-bond acceptors (Lipinski definition) is 3. The Hall–Kier alpha value is -1.88. The Morgan fingerprint density at radius 2 is 1.77 bits per heavy atom. The Morgan fingerprint density at radius 1 is 1.09 bits per heavy atom. The maximum absolute atomic E-state index is 12.6. The van der Waals surface area contributed by atoms with Crippen molar-refractivity contribution in [3.05, 3.63) is 35.9 Å². The monoisotopic (exact) mass is 303 g/mol. The van der Waals surface area contributed by atoms with Crippen LogP contribution >= 0.6 is 0 Å². The molecule has 2 rings (SSSR count). The van der Waals surface area contributed by atoms with E-state index >= 15 is 0 Å². The first-order valence-electron chi connectivity index (χ1n) is 7.97. The van der Waals surface area contributed by atoms with Gasteiger partial charge in [0.1, 0.15) is 0 Å². The van der Waals surface area contributed by atoms with Crippen LogP contribution < -0.4 is 5.73 Å². The highest BCUT2D eigenvalue weighted by Gasteiger charge is 2.19. The lowest BCUT2D eigenvalue weighted by Gasteiger charge is -2.29. The minimum atomic E-state index is -0.371. The standard InChI is InChI=1S/C17H25N3O2/c18-16(21)9-12-20(13-15-7-3-1-4-8-15)17(22)14-19-10-5-2-6-11-19/h1,3-4,7-8H,2,5-6,9-14H2,(H2,18,21). The van der Waals surface area contributed by atoms with Crippen molar-refractivity contribution in [1.29, 1.82) is 0 Å². The van der Waals surface area contributed by atoms with Crippen LogP contribution in [0.3, 0.4) is 0 Å². The Balaban J connectivity index is 1.95. The van der Waals surface area contributed by atoms with Crippen LogP contribution in [0.5, 0.6) is 0 Å². The molecule has 0 aliphatic carbocycles. The zero-order valence-electron chi connectivity index (χ0n) is 13.0. The summed E-state index contributed by atoms with van der Waals surface area (Å²) in [7, 11) is 0. The smallest absolute Gasteiger partial charge is 0.237 e. The topological polar surface area (TPSA) is 66.6 Å². The molecular weight excluding hydrogens is 278 g/mol. The maximum Gasteiger partial charge on any atom is 0.237 e. The van der Waals surface area contributed by atoms with Gasteiger partial charge in [0.25, 0.3) is 0 Å². The molecule has 0 radical (unpaired) electrons. The molecular formula is C17H25N3O2. The number of primary amides is 1. The van der Waals surface area contributed by atoms with Gasteiger partial charge < -0.3 is 10.6 Å². The third-order valence-corrected chi connectivity index (χ3v) is 4.00. The number of carbonyl (C=O) groups is 2. The molecule has 22 heavy (non-hydrogen) atoms. The van der Waals surface area contributed by atoms with E-state index in [9.17, 15) is 9.59 Å². The van der Waals surface area contributed by atoms with Crippen LogP contribution in [-0.2, 0) is 16.1 Å². The number of amides is 2. The van der Waals surface area contributed by atoms with Gasteiger partial charge in [0.05, 0.1) is 6.54 Å². The van der Waals surface area contributed by atoms with Gasteiger partial charge in [0.2, 0.25) is 11.8 Å². The van der Waals surface area contributed by atoms with Gasteiger partial charge in [-0.3, -0.25) is 14.5 Å². The van der Waals surface area contributed by atoms with E-state index < -0.39 is 0 Å². The van der Waals surface area contributed by atoms with E-state index in [4.69, 9.17) is 5.73 Å². The first kappa shape index (κ1) is 16.5. The molecule has 1 heterocycles. The highest BCUT2D eigenvalue weighted by Crippen LogP contribution is 2.10. The van der Waals surface area contributed by atoms with Crippen LogP contribution in [0.15, 0.2) is 30.3 Å². The van der Waals surface area contributed by atoms with Gasteiger partial charge in [-0.15, -0.1) is 0 Å². The number of piperidine rings is 1. The van der Waals surface area contributed by atoms with Crippen molar-refractivity contribution in [2.45, 2.75) is 32.2 Å². The second kappa shape index (κ2) is 8.54. The van der Waals surface area contributed by atoms with Crippen LogP contribution in [0.1, 0.15) is 31.2 Å². The van der Waals surface area contributed by atoms with Crippen LogP contribution in [0.25, 0.3) is 0 Å². The van der Waals surface area contributed by atoms with Gasteiger partial charge >= 0.3 is 0 Å². The SMILES string of the molecule is NC(=O)CCN(Cc1ccccc1)C(=O)CN1CCCCC1. The van der Waals surface area contributed by atoms with E-state index in [0.29, 0.717) is 19.6 Å².